The molecule has 0 aliphatic rings. The van der Waals surface area contributed by atoms with Gasteiger partial charge in [0, 0.05) is 6.54 Å². The van der Waals surface area contributed by atoms with E-state index in [0.717, 1.165) is 11.9 Å². The average molecular weight is 179 g/mol. The van der Waals surface area contributed by atoms with Crippen LogP contribution in [-0.2, 0) is 0 Å². The molecule has 6 heteroatoms. The van der Waals surface area contributed by atoms with E-state index in [1.54, 1.807) is 6.20 Å². The lowest BCUT2D eigenvalue weighted by Crippen LogP contribution is -2.00. The Balaban J connectivity index is 2.63. The highest BCUT2D eigenvalue weighted by molar-refractivity contribution is 5.86. The topological polar surface area (TPSA) is 86.7 Å². The van der Waals surface area contributed by atoms with E-state index in [2.05, 4.69) is 25.5 Å². The molecule has 0 saturated heterocycles. The number of nitrogens with zero attached hydrogens (tertiary/aromatic N) is 3. The van der Waals surface area contributed by atoms with Gasteiger partial charge >= 0.3 is 6.01 Å². The van der Waals surface area contributed by atoms with Gasteiger partial charge in [0.25, 0.3) is 0 Å². The second kappa shape index (κ2) is 2.89. The van der Waals surface area contributed by atoms with Crippen LogP contribution in [0.1, 0.15) is 6.92 Å². The lowest BCUT2D eigenvalue weighted by atomic mass is 10.4. The van der Waals surface area contributed by atoms with Gasteiger partial charge in [-0.2, -0.15) is 15.1 Å². The minimum absolute atomic E-state index is 0.257. The molecule has 13 heavy (non-hydrogen) atoms. The summed E-state index contributed by atoms with van der Waals surface area (Å²) in [7, 11) is 0. The third-order valence-corrected chi connectivity index (χ3v) is 1.64. The number of fused-ring (bicyclic) bond motifs is 1. The molecule has 0 aliphatic heterocycles. The first kappa shape index (κ1) is 7.78. The van der Waals surface area contributed by atoms with Crippen molar-refractivity contribution in [3.05, 3.63) is 6.20 Å². The summed E-state index contributed by atoms with van der Waals surface area (Å²) in [6.07, 6.45) is 1.62. The zero-order chi connectivity index (χ0) is 9.26. The van der Waals surface area contributed by atoms with Crippen molar-refractivity contribution in [1.29, 1.82) is 0 Å². The molecule has 0 fully saturated rings. The second-order valence-corrected chi connectivity index (χ2v) is 2.53. The van der Waals surface area contributed by atoms with Crippen molar-refractivity contribution in [2.24, 2.45) is 0 Å². The number of aromatic amines is 1. The van der Waals surface area contributed by atoms with Crippen LogP contribution in [0.4, 0.5) is 5.82 Å². The van der Waals surface area contributed by atoms with Crippen LogP contribution in [0.2, 0.25) is 0 Å². The first-order valence-electron chi connectivity index (χ1n) is 3.95. The molecule has 6 nitrogen and oxygen atoms in total. The van der Waals surface area contributed by atoms with Crippen molar-refractivity contribution in [3.8, 4) is 6.01 Å². The Morgan fingerprint density at radius 2 is 2.38 bits per heavy atom. The molecule has 2 aromatic heterocycles. The van der Waals surface area contributed by atoms with Gasteiger partial charge in [-0.15, -0.1) is 0 Å². The van der Waals surface area contributed by atoms with Crippen molar-refractivity contribution in [1.82, 2.24) is 20.2 Å². The van der Waals surface area contributed by atoms with E-state index >= 15 is 0 Å². The van der Waals surface area contributed by atoms with E-state index in [1.165, 1.54) is 0 Å². The largest absolute Gasteiger partial charge is 0.479 e. The SMILES string of the molecule is CCNc1nc(O)nc2[nH]ncc12. The van der Waals surface area contributed by atoms with E-state index in [4.69, 9.17) is 5.11 Å². The number of rotatable bonds is 2. The van der Waals surface area contributed by atoms with Gasteiger partial charge in [0.05, 0.1) is 11.6 Å². The molecule has 0 bridgehead atoms. The first-order valence-corrected chi connectivity index (χ1v) is 3.95. The average Bonchev–Trinajstić information content (AvgIpc) is 2.52. The van der Waals surface area contributed by atoms with Crippen LogP contribution in [0, 0.1) is 0 Å². The summed E-state index contributed by atoms with van der Waals surface area (Å²) in [5.74, 6) is 0.596. The summed E-state index contributed by atoms with van der Waals surface area (Å²) in [6.45, 7) is 2.68. The van der Waals surface area contributed by atoms with E-state index in [1.807, 2.05) is 6.92 Å². The maximum absolute atomic E-state index is 9.15. The lowest BCUT2D eigenvalue weighted by molar-refractivity contribution is 0.433. The minimum Gasteiger partial charge on any atom is -0.479 e. The Morgan fingerprint density at radius 1 is 1.54 bits per heavy atom. The van der Waals surface area contributed by atoms with Crippen LogP contribution in [0.5, 0.6) is 6.01 Å². The Labute approximate surface area is 74.0 Å². The number of hydrogen-bond donors (Lipinski definition) is 3. The third-order valence-electron chi connectivity index (χ3n) is 1.64. The van der Waals surface area contributed by atoms with Crippen LogP contribution in [0.15, 0.2) is 6.20 Å². The van der Waals surface area contributed by atoms with Crippen molar-refractivity contribution in [3.63, 3.8) is 0 Å². The monoisotopic (exact) mass is 179 g/mol. The normalized spacial score (nSPS) is 10.5. The van der Waals surface area contributed by atoms with Crippen LogP contribution in [0.3, 0.4) is 0 Å². The molecule has 2 aromatic rings. The zero-order valence-electron chi connectivity index (χ0n) is 7.07. The summed E-state index contributed by atoms with van der Waals surface area (Å²) in [5, 5.41) is 19.4. The van der Waals surface area contributed by atoms with Gasteiger partial charge in [-0.25, -0.2) is 0 Å². The fourth-order valence-corrected chi connectivity index (χ4v) is 1.13. The number of aromatic hydroxyl groups is 1. The number of hydrogen-bond acceptors (Lipinski definition) is 5. The fraction of sp³-hybridized carbons (Fsp3) is 0.286. The molecule has 68 valence electrons. The van der Waals surface area contributed by atoms with E-state index in [0.29, 0.717) is 11.5 Å². The summed E-state index contributed by atoms with van der Waals surface area (Å²) in [6, 6.07) is -0.257. The number of aromatic nitrogens is 4. The molecule has 2 rings (SSSR count). The molecule has 0 atom stereocenters. The van der Waals surface area contributed by atoms with Crippen molar-refractivity contribution in [2.45, 2.75) is 6.92 Å². The molecule has 0 aliphatic carbocycles. The van der Waals surface area contributed by atoms with Crippen molar-refractivity contribution < 1.29 is 5.11 Å². The van der Waals surface area contributed by atoms with E-state index < -0.39 is 0 Å². The molecule has 3 N–H and O–H groups in total. The quantitative estimate of drug-likeness (QED) is 0.624. The third kappa shape index (κ3) is 1.26. The van der Waals surface area contributed by atoms with Crippen LogP contribution in [0.25, 0.3) is 11.0 Å². The summed E-state index contributed by atoms with van der Waals surface area (Å²) in [5.41, 5.74) is 0.531. The van der Waals surface area contributed by atoms with E-state index in [9.17, 15) is 0 Å². The maximum Gasteiger partial charge on any atom is 0.317 e. The van der Waals surface area contributed by atoms with Gasteiger partial charge in [-0.3, -0.25) is 5.10 Å². The van der Waals surface area contributed by atoms with Gasteiger partial charge in [-0.1, -0.05) is 0 Å². The highest BCUT2D eigenvalue weighted by Crippen LogP contribution is 2.19. The van der Waals surface area contributed by atoms with Crippen LogP contribution in [-0.4, -0.2) is 31.8 Å². The molecule has 2 heterocycles. The molecule has 0 unspecified atom stereocenters. The van der Waals surface area contributed by atoms with Crippen LogP contribution < -0.4 is 5.32 Å². The molecule has 0 saturated carbocycles. The van der Waals surface area contributed by atoms with Gasteiger partial charge < -0.3 is 10.4 Å². The first-order chi connectivity index (χ1) is 6.31. The molecular weight excluding hydrogens is 170 g/mol. The summed E-state index contributed by atoms with van der Waals surface area (Å²) in [4.78, 5) is 7.60. The van der Waals surface area contributed by atoms with Crippen LogP contribution >= 0.6 is 0 Å². The molecule has 0 aromatic carbocycles. The Hall–Kier alpha value is -1.85. The fourth-order valence-electron chi connectivity index (χ4n) is 1.13. The highest BCUT2D eigenvalue weighted by Gasteiger charge is 2.06. The van der Waals surface area contributed by atoms with E-state index in [-0.39, 0.29) is 6.01 Å². The smallest absolute Gasteiger partial charge is 0.317 e. The second-order valence-electron chi connectivity index (χ2n) is 2.53. The van der Waals surface area contributed by atoms with Gasteiger partial charge in [0.15, 0.2) is 5.65 Å². The summed E-state index contributed by atoms with van der Waals surface area (Å²) < 4.78 is 0. The zero-order valence-corrected chi connectivity index (χ0v) is 7.07. The summed E-state index contributed by atoms with van der Waals surface area (Å²) >= 11 is 0. The number of H-pyrrole nitrogens is 1. The van der Waals surface area contributed by atoms with Crippen molar-refractivity contribution in [2.75, 3.05) is 11.9 Å². The molecule has 0 radical (unpaired) electrons. The Kier molecular flexibility index (Phi) is 1.73. The van der Waals surface area contributed by atoms with Gasteiger partial charge in [0.1, 0.15) is 5.82 Å². The van der Waals surface area contributed by atoms with Crippen molar-refractivity contribution >= 4 is 16.9 Å². The minimum atomic E-state index is -0.257. The molecule has 0 amide bonds. The predicted octanol–water partition coefficient (Wildman–Crippen LogP) is 0.490. The Morgan fingerprint density at radius 3 is 3.15 bits per heavy atom. The van der Waals surface area contributed by atoms with Gasteiger partial charge in [0.2, 0.25) is 0 Å². The maximum atomic E-state index is 9.15. The lowest BCUT2D eigenvalue weighted by Gasteiger charge is -2.02. The number of nitrogens with one attached hydrogen (secondary N) is 2. The predicted molar refractivity (Wildman–Crippen MR) is 47.5 cm³/mol. The molecular formula is C7H9N5O. The number of anilines is 1. The highest BCUT2D eigenvalue weighted by atomic mass is 16.3. The molecule has 0 spiro atoms. The standard InChI is InChI=1S/C7H9N5O/c1-2-8-5-4-3-9-12-6(4)11-7(13)10-5/h3H,2H2,1H3,(H3,8,9,10,11,12,13). The Bertz CT molecular complexity index is 424. The van der Waals surface area contributed by atoms with Gasteiger partial charge in [-0.05, 0) is 6.92 Å².